The highest BCUT2D eigenvalue weighted by atomic mass is 32.1. The molecule has 7 heteroatoms. The summed E-state index contributed by atoms with van der Waals surface area (Å²) in [5.41, 5.74) is 7.07. The molecule has 2 atom stereocenters. The molecule has 0 spiro atoms. The van der Waals surface area contributed by atoms with Crippen molar-refractivity contribution in [3.8, 4) is 6.07 Å². The molecule has 3 rings (SSSR count). The summed E-state index contributed by atoms with van der Waals surface area (Å²) >= 11 is 1.52. The Balaban J connectivity index is 1.68. The van der Waals surface area contributed by atoms with Gasteiger partial charge in [0.05, 0.1) is 17.5 Å². The molecule has 6 nitrogen and oxygen atoms in total. The molecule has 3 N–H and O–H groups in total. The molecule has 1 aromatic rings. The van der Waals surface area contributed by atoms with Gasteiger partial charge in [-0.2, -0.15) is 5.26 Å². The minimum absolute atomic E-state index is 0.133. The number of hydrogen-bond acceptors (Lipinski definition) is 5. The van der Waals surface area contributed by atoms with E-state index in [2.05, 4.69) is 11.4 Å². The Morgan fingerprint density at radius 2 is 2.26 bits per heavy atom. The second-order valence-corrected chi connectivity index (χ2v) is 7.33. The van der Waals surface area contributed by atoms with Crippen LogP contribution in [0.1, 0.15) is 35.8 Å². The van der Waals surface area contributed by atoms with Crippen LogP contribution in [0.25, 0.3) is 0 Å². The SMILES string of the molecule is CC(C(=O)Nc1sc2c(c1C#N)CCC2)N1CCC(C(N)=O)C1. The zero-order chi connectivity index (χ0) is 16.6. The zero-order valence-corrected chi connectivity index (χ0v) is 13.9. The first-order chi connectivity index (χ1) is 11.0. The summed E-state index contributed by atoms with van der Waals surface area (Å²) < 4.78 is 0. The fourth-order valence-corrected chi connectivity index (χ4v) is 4.61. The number of likely N-dealkylation sites (tertiary alicyclic amines) is 1. The van der Waals surface area contributed by atoms with E-state index in [9.17, 15) is 14.9 Å². The first-order valence-electron chi connectivity index (χ1n) is 7.90. The fourth-order valence-electron chi connectivity index (χ4n) is 3.36. The second kappa shape index (κ2) is 6.30. The molecule has 2 heterocycles. The van der Waals surface area contributed by atoms with E-state index in [1.807, 2.05) is 11.8 Å². The lowest BCUT2D eigenvalue weighted by atomic mass is 10.1. The summed E-state index contributed by atoms with van der Waals surface area (Å²) in [4.78, 5) is 26.9. The highest BCUT2D eigenvalue weighted by Gasteiger charge is 2.33. The van der Waals surface area contributed by atoms with Crippen LogP contribution in [0.15, 0.2) is 0 Å². The number of nitrogens with two attached hydrogens (primary N) is 1. The zero-order valence-electron chi connectivity index (χ0n) is 13.1. The van der Waals surface area contributed by atoms with Gasteiger partial charge in [0.1, 0.15) is 11.1 Å². The lowest BCUT2D eigenvalue weighted by Crippen LogP contribution is -2.41. The van der Waals surface area contributed by atoms with Crippen molar-refractivity contribution in [3.05, 3.63) is 16.0 Å². The van der Waals surface area contributed by atoms with Crippen LogP contribution in [0.2, 0.25) is 0 Å². The van der Waals surface area contributed by atoms with Crippen LogP contribution in [-0.2, 0) is 22.4 Å². The van der Waals surface area contributed by atoms with E-state index in [0.717, 1.165) is 24.8 Å². The van der Waals surface area contributed by atoms with Gasteiger partial charge in [0, 0.05) is 11.4 Å². The van der Waals surface area contributed by atoms with E-state index in [0.29, 0.717) is 30.1 Å². The molecule has 0 bridgehead atoms. The smallest absolute Gasteiger partial charge is 0.242 e. The standard InChI is InChI=1S/C16H20N4O2S/c1-9(20-6-5-10(8-20)14(18)21)15(22)19-16-12(7-17)11-3-2-4-13(11)23-16/h9-10H,2-6,8H2,1H3,(H2,18,21)(H,19,22). The van der Waals surface area contributed by atoms with Crippen molar-refractivity contribution in [2.24, 2.45) is 11.7 Å². The van der Waals surface area contributed by atoms with E-state index in [1.54, 1.807) is 0 Å². The lowest BCUT2D eigenvalue weighted by Gasteiger charge is -2.23. The molecule has 1 fully saturated rings. The molecule has 0 radical (unpaired) electrons. The summed E-state index contributed by atoms with van der Waals surface area (Å²) in [6.45, 7) is 3.04. The highest BCUT2D eigenvalue weighted by molar-refractivity contribution is 7.16. The summed E-state index contributed by atoms with van der Waals surface area (Å²) in [6.07, 6.45) is 3.70. The molecule has 1 aliphatic heterocycles. The van der Waals surface area contributed by atoms with Gasteiger partial charge in [-0.3, -0.25) is 14.5 Å². The van der Waals surface area contributed by atoms with E-state index in [4.69, 9.17) is 5.73 Å². The average molecular weight is 332 g/mol. The molecule has 1 aromatic heterocycles. The number of amides is 2. The minimum atomic E-state index is -0.345. The van der Waals surface area contributed by atoms with Gasteiger partial charge in [-0.1, -0.05) is 0 Å². The van der Waals surface area contributed by atoms with Gasteiger partial charge in [-0.05, 0) is 44.7 Å². The normalized spacial score (nSPS) is 21.7. The van der Waals surface area contributed by atoms with Crippen molar-refractivity contribution < 1.29 is 9.59 Å². The number of nitrogens with zero attached hydrogens (tertiary/aromatic N) is 2. The number of nitriles is 1. The Morgan fingerprint density at radius 1 is 1.48 bits per heavy atom. The molecule has 2 unspecified atom stereocenters. The van der Waals surface area contributed by atoms with Crippen LogP contribution in [0.5, 0.6) is 0 Å². The van der Waals surface area contributed by atoms with E-state index < -0.39 is 0 Å². The van der Waals surface area contributed by atoms with Crippen molar-refractivity contribution in [2.45, 2.75) is 38.6 Å². The summed E-state index contributed by atoms with van der Waals surface area (Å²) in [6, 6.07) is 1.89. The summed E-state index contributed by atoms with van der Waals surface area (Å²) in [5.74, 6) is -0.612. The Morgan fingerprint density at radius 3 is 2.91 bits per heavy atom. The van der Waals surface area contributed by atoms with Gasteiger partial charge in [0.2, 0.25) is 11.8 Å². The number of fused-ring (bicyclic) bond motifs is 1. The van der Waals surface area contributed by atoms with Gasteiger partial charge in [0.25, 0.3) is 0 Å². The number of nitrogens with one attached hydrogen (secondary N) is 1. The van der Waals surface area contributed by atoms with Crippen molar-refractivity contribution in [2.75, 3.05) is 18.4 Å². The van der Waals surface area contributed by atoms with Crippen molar-refractivity contribution in [1.82, 2.24) is 4.90 Å². The summed E-state index contributed by atoms with van der Waals surface area (Å²) in [7, 11) is 0. The molecule has 1 aliphatic carbocycles. The third kappa shape index (κ3) is 2.96. The maximum absolute atomic E-state index is 12.5. The molecular formula is C16H20N4O2S. The minimum Gasteiger partial charge on any atom is -0.369 e. The monoisotopic (exact) mass is 332 g/mol. The number of thiophene rings is 1. The number of carbonyl (C=O) groups excluding carboxylic acids is 2. The van der Waals surface area contributed by atoms with Crippen molar-refractivity contribution in [1.29, 1.82) is 5.26 Å². The van der Waals surface area contributed by atoms with Crippen LogP contribution in [0.3, 0.4) is 0 Å². The van der Waals surface area contributed by atoms with E-state index in [-0.39, 0.29) is 23.8 Å². The molecular weight excluding hydrogens is 312 g/mol. The van der Waals surface area contributed by atoms with Gasteiger partial charge >= 0.3 is 0 Å². The Labute approximate surface area is 139 Å². The first-order valence-corrected chi connectivity index (χ1v) is 8.71. The van der Waals surface area contributed by atoms with Gasteiger partial charge < -0.3 is 11.1 Å². The predicted octanol–water partition coefficient (Wildman–Crippen LogP) is 1.24. The van der Waals surface area contributed by atoms with Gasteiger partial charge in [0.15, 0.2) is 0 Å². The van der Waals surface area contributed by atoms with Gasteiger partial charge in [-0.15, -0.1) is 11.3 Å². The van der Waals surface area contributed by atoms with Crippen LogP contribution < -0.4 is 11.1 Å². The van der Waals surface area contributed by atoms with Crippen LogP contribution in [-0.4, -0.2) is 35.8 Å². The molecule has 1 saturated heterocycles. The number of hydrogen-bond donors (Lipinski definition) is 2. The fraction of sp³-hybridized carbons (Fsp3) is 0.562. The lowest BCUT2D eigenvalue weighted by molar-refractivity contribution is -0.123. The maximum Gasteiger partial charge on any atom is 0.242 e. The third-order valence-corrected chi connectivity index (χ3v) is 6.03. The van der Waals surface area contributed by atoms with Crippen LogP contribution >= 0.6 is 11.3 Å². The topological polar surface area (TPSA) is 99.2 Å². The van der Waals surface area contributed by atoms with E-state index >= 15 is 0 Å². The van der Waals surface area contributed by atoms with Gasteiger partial charge in [-0.25, -0.2) is 0 Å². The molecule has 0 saturated carbocycles. The quantitative estimate of drug-likeness (QED) is 0.866. The largest absolute Gasteiger partial charge is 0.369 e. The molecule has 0 aromatic carbocycles. The maximum atomic E-state index is 12.5. The first kappa shape index (κ1) is 16.0. The average Bonchev–Trinajstić information content (AvgIpc) is 3.21. The molecule has 2 amide bonds. The number of anilines is 1. The molecule has 23 heavy (non-hydrogen) atoms. The van der Waals surface area contributed by atoms with Crippen molar-refractivity contribution >= 4 is 28.2 Å². The Hall–Kier alpha value is -1.91. The molecule has 122 valence electrons. The number of carbonyl (C=O) groups is 2. The molecule has 2 aliphatic rings. The number of primary amides is 1. The second-order valence-electron chi connectivity index (χ2n) is 6.22. The third-order valence-electron chi connectivity index (χ3n) is 4.82. The van der Waals surface area contributed by atoms with Crippen LogP contribution in [0, 0.1) is 17.2 Å². The Bertz CT molecular complexity index is 691. The highest BCUT2D eigenvalue weighted by Crippen LogP contribution is 2.38. The van der Waals surface area contributed by atoms with E-state index in [1.165, 1.54) is 16.2 Å². The van der Waals surface area contributed by atoms with Crippen molar-refractivity contribution in [3.63, 3.8) is 0 Å². The van der Waals surface area contributed by atoms with Crippen LogP contribution in [0.4, 0.5) is 5.00 Å². The predicted molar refractivity (Wildman–Crippen MR) is 88.0 cm³/mol. The number of rotatable bonds is 4. The summed E-state index contributed by atoms with van der Waals surface area (Å²) in [5, 5.41) is 13.0. The number of aryl methyl sites for hydroxylation is 1. The Kier molecular flexibility index (Phi) is 4.37.